The number of carbonyl (C=O) groups excluding carboxylic acids is 1. The fourth-order valence-corrected chi connectivity index (χ4v) is 3.02. The van der Waals surface area contributed by atoms with Gasteiger partial charge in [0.1, 0.15) is 11.7 Å². The molecule has 0 fully saturated rings. The van der Waals surface area contributed by atoms with Crippen molar-refractivity contribution in [3.63, 3.8) is 0 Å². The molecule has 0 aliphatic rings. The number of halogens is 1. The first-order chi connectivity index (χ1) is 11.8. The standard InChI is InChI=1S/C19H23ClN2O3/c1-5-22-10-12(4)15(13-6-8-14(20)9-7-13)17(22)18(23)21-16(11(2)3)19(24)25/h6-11,16H,5H2,1-4H3,(H,21,23)(H,24,25). The molecule has 1 heterocycles. The molecule has 0 saturated heterocycles. The zero-order valence-corrected chi connectivity index (χ0v) is 15.6. The number of rotatable bonds is 6. The number of aryl methyl sites for hydroxylation is 2. The second kappa shape index (κ2) is 7.74. The molecule has 0 radical (unpaired) electrons. The minimum absolute atomic E-state index is 0.216. The molecule has 25 heavy (non-hydrogen) atoms. The third kappa shape index (κ3) is 4.04. The SMILES string of the molecule is CCn1cc(C)c(-c2ccc(Cl)cc2)c1C(=O)NC(C(=O)O)C(C)C. The number of hydrogen-bond donors (Lipinski definition) is 2. The molecule has 0 bridgehead atoms. The molecule has 1 atom stereocenters. The highest BCUT2D eigenvalue weighted by Gasteiger charge is 2.27. The van der Waals surface area contributed by atoms with Gasteiger partial charge in [0.05, 0.1) is 0 Å². The first kappa shape index (κ1) is 19.1. The Hall–Kier alpha value is -2.27. The number of nitrogens with one attached hydrogen (secondary N) is 1. The fraction of sp³-hybridized carbons (Fsp3) is 0.368. The number of benzene rings is 1. The van der Waals surface area contributed by atoms with E-state index in [1.54, 1.807) is 26.0 Å². The molecular formula is C19H23ClN2O3. The van der Waals surface area contributed by atoms with Crippen LogP contribution >= 0.6 is 11.6 Å². The zero-order chi connectivity index (χ0) is 18.7. The molecule has 1 aromatic carbocycles. The molecule has 1 aromatic heterocycles. The van der Waals surface area contributed by atoms with Crippen molar-refractivity contribution in [3.05, 3.63) is 46.7 Å². The molecule has 0 spiro atoms. The van der Waals surface area contributed by atoms with Crippen LogP contribution in [0.2, 0.25) is 5.02 Å². The number of hydrogen-bond acceptors (Lipinski definition) is 2. The van der Waals surface area contributed by atoms with Crippen molar-refractivity contribution in [2.45, 2.75) is 40.3 Å². The van der Waals surface area contributed by atoms with Gasteiger partial charge in [0.25, 0.3) is 5.91 Å². The summed E-state index contributed by atoms with van der Waals surface area (Å²) in [5.74, 6) is -1.64. The third-order valence-corrected chi connectivity index (χ3v) is 4.43. The molecule has 1 amide bonds. The summed E-state index contributed by atoms with van der Waals surface area (Å²) in [4.78, 5) is 24.3. The van der Waals surface area contributed by atoms with E-state index in [0.29, 0.717) is 17.3 Å². The van der Waals surface area contributed by atoms with Gasteiger partial charge in [0.15, 0.2) is 0 Å². The topological polar surface area (TPSA) is 71.3 Å². The molecule has 0 aliphatic carbocycles. The number of aromatic nitrogens is 1. The van der Waals surface area contributed by atoms with Gasteiger partial charge in [-0.05, 0) is 43.0 Å². The maximum absolute atomic E-state index is 12.9. The lowest BCUT2D eigenvalue weighted by Gasteiger charge is -2.19. The first-order valence-electron chi connectivity index (χ1n) is 8.25. The van der Waals surface area contributed by atoms with E-state index >= 15 is 0 Å². The molecule has 6 heteroatoms. The maximum atomic E-state index is 12.9. The van der Waals surface area contributed by atoms with Gasteiger partial charge in [-0.3, -0.25) is 4.79 Å². The summed E-state index contributed by atoms with van der Waals surface area (Å²) in [6.07, 6.45) is 1.91. The van der Waals surface area contributed by atoms with E-state index < -0.39 is 12.0 Å². The number of carboxylic acid groups (broad SMARTS) is 1. The Balaban J connectivity index is 2.50. The quantitative estimate of drug-likeness (QED) is 0.816. The van der Waals surface area contributed by atoms with Crippen molar-refractivity contribution < 1.29 is 14.7 Å². The number of nitrogens with zero attached hydrogens (tertiary/aromatic N) is 1. The van der Waals surface area contributed by atoms with E-state index in [2.05, 4.69) is 5.32 Å². The van der Waals surface area contributed by atoms with Crippen LogP contribution < -0.4 is 5.32 Å². The average molecular weight is 363 g/mol. The molecule has 1 unspecified atom stereocenters. The van der Waals surface area contributed by atoms with Gasteiger partial charge in [-0.1, -0.05) is 37.6 Å². The summed E-state index contributed by atoms with van der Waals surface area (Å²) in [7, 11) is 0. The van der Waals surface area contributed by atoms with E-state index in [0.717, 1.165) is 16.7 Å². The second-order valence-corrected chi connectivity index (χ2v) is 6.80. The van der Waals surface area contributed by atoms with Crippen LogP contribution in [0.4, 0.5) is 0 Å². The normalized spacial score (nSPS) is 12.2. The van der Waals surface area contributed by atoms with Crippen LogP contribution in [0.1, 0.15) is 36.8 Å². The highest BCUT2D eigenvalue weighted by molar-refractivity contribution is 6.30. The van der Waals surface area contributed by atoms with Crippen molar-refractivity contribution in [2.24, 2.45) is 5.92 Å². The molecule has 0 saturated carbocycles. The summed E-state index contributed by atoms with van der Waals surface area (Å²) in [5.41, 5.74) is 3.08. The Kier molecular flexibility index (Phi) is 5.90. The van der Waals surface area contributed by atoms with Crippen LogP contribution in [0.15, 0.2) is 30.5 Å². The number of amides is 1. The van der Waals surface area contributed by atoms with Crippen LogP contribution in [0.5, 0.6) is 0 Å². The molecule has 2 N–H and O–H groups in total. The summed E-state index contributed by atoms with van der Waals surface area (Å²) >= 11 is 5.96. The van der Waals surface area contributed by atoms with Gasteiger partial charge >= 0.3 is 5.97 Å². The molecule has 2 aromatic rings. The highest BCUT2D eigenvalue weighted by Crippen LogP contribution is 2.30. The number of aliphatic carboxylic acids is 1. The van der Waals surface area contributed by atoms with E-state index in [9.17, 15) is 14.7 Å². The lowest BCUT2D eigenvalue weighted by molar-refractivity contribution is -0.140. The Morgan fingerprint density at radius 1 is 1.24 bits per heavy atom. The first-order valence-corrected chi connectivity index (χ1v) is 8.63. The van der Waals surface area contributed by atoms with Gasteiger partial charge in [0.2, 0.25) is 0 Å². The minimum Gasteiger partial charge on any atom is -0.480 e. The smallest absolute Gasteiger partial charge is 0.326 e. The lowest BCUT2D eigenvalue weighted by atomic mass is 10.0. The summed E-state index contributed by atoms with van der Waals surface area (Å²) in [6.45, 7) is 8.02. The van der Waals surface area contributed by atoms with Crippen molar-refractivity contribution in [2.75, 3.05) is 0 Å². The fourth-order valence-electron chi connectivity index (χ4n) is 2.89. The predicted octanol–water partition coefficient (Wildman–Crippen LogP) is 3.98. The molecule has 134 valence electrons. The Morgan fingerprint density at radius 3 is 2.32 bits per heavy atom. The van der Waals surface area contributed by atoms with E-state index in [-0.39, 0.29) is 11.8 Å². The number of carboxylic acids is 1. The zero-order valence-electron chi connectivity index (χ0n) is 14.8. The maximum Gasteiger partial charge on any atom is 0.326 e. The van der Waals surface area contributed by atoms with E-state index in [1.807, 2.05) is 36.7 Å². The van der Waals surface area contributed by atoms with Crippen molar-refractivity contribution in [1.29, 1.82) is 0 Å². The van der Waals surface area contributed by atoms with Crippen LogP contribution in [0.3, 0.4) is 0 Å². The summed E-state index contributed by atoms with van der Waals surface area (Å²) in [6, 6.07) is 6.33. The van der Waals surface area contributed by atoms with Crippen LogP contribution in [-0.4, -0.2) is 27.6 Å². The van der Waals surface area contributed by atoms with Crippen LogP contribution in [-0.2, 0) is 11.3 Å². The Morgan fingerprint density at radius 2 is 1.84 bits per heavy atom. The lowest BCUT2D eigenvalue weighted by Crippen LogP contribution is -2.45. The Labute approximate surface area is 152 Å². The minimum atomic E-state index is -1.04. The summed E-state index contributed by atoms with van der Waals surface area (Å²) in [5, 5.41) is 12.6. The van der Waals surface area contributed by atoms with Gasteiger partial charge in [-0.2, -0.15) is 0 Å². The molecule has 2 rings (SSSR count). The van der Waals surface area contributed by atoms with Crippen molar-refractivity contribution in [3.8, 4) is 11.1 Å². The molecule has 0 aliphatic heterocycles. The van der Waals surface area contributed by atoms with Gasteiger partial charge in [-0.25, -0.2) is 4.79 Å². The van der Waals surface area contributed by atoms with E-state index in [4.69, 9.17) is 11.6 Å². The summed E-state index contributed by atoms with van der Waals surface area (Å²) < 4.78 is 1.84. The van der Waals surface area contributed by atoms with Crippen molar-refractivity contribution >= 4 is 23.5 Å². The highest BCUT2D eigenvalue weighted by atomic mass is 35.5. The average Bonchev–Trinajstić information content (AvgIpc) is 2.89. The predicted molar refractivity (Wildman–Crippen MR) is 99.0 cm³/mol. The largest absolute Gasteiger partial charge is 0.480 e. The van der Waals surface area contributed by atoms with Crippen LogP contribution in [0, 0.1) is 12.8 Å². The second-order valence-electron chi connectivity index (χ2n) is 6.36. The Bertz CT molecular complexity index is 779. The molecule has 5 nitrogen and oxygen atoms in total. The van der Waals surface area contributed by atoms with Gasteiger partial charge in [-0.15, -0.1) is 0 Å². The van der Waals surface area contributed by atoms with Gasteiger partial charge < -0.3 is 15.0 Å². The van der Waals surface area contributed by atoms with Crippen molar-refractivity contribution in [1.82, 2.24) is 9.88 Å². The van der Waals surface area contributed by atoms with Crippen LogP contribution in [0.25, 0.3) is 11.1 Å². The van der Waals surface area contributed by atoms with E-state index in [1.165, 1.54) is 0 Å². The molecular weight excluding hydrogens is 340 g/mol. The monoisotopic (exact) mass is 362 g/mol. The number of carbonyl (C=O) groups is 2. The third-order valence-electron chi connectivity index (χ3n) is 4.18. The van der Waals surface area contributed by atoms with Gasteiger partial charge in [0, 0.05) is 23.3 Å².